The van der Waals surface area contributed by atoms with Crippen LogP contribution in [-0.2, 0) is 9.36 Å². The van der Waals surface area contributed by atoms with Crippen LogP contribution in [0.5, 0.6) is 0 Å². The lowest BCUT2D eigenvalue weighted by Gasteiger charge is -2.05. The van der Waals surface area contributed by atoms with Crippen LogP contribution in [0, 0.1) is 0 Å². The Bertz CT molecular complexity index is 247. The standard InChI is InChI=1S/C5H11N2O5P/c1-4(8)6-2-3-7-5(9)13(10,11)12/h2-3H2,1H3,(H,6,8)(H,7,9)(H2,10,11,12). The Morgan fingerprint density at radius 3 is 2.08 bits per heavy atom. The van der Waals surface area contributed by atoms with Crippen LogP contribution in [0.2, 0.25) is 0 Å². The van der Waals surface area contributed by atoms with Crippen molar-refractivity contribution < 1.29 is 23.9 Å². The van der Waals surface area contributed by atoms with Gasteiger partial charge in [-0.05, 0) is 0 Å². The maximum atomic E-state index is 10.5. The fourth-order valence-electron chi connectivity index (χ4n) is 0.511. The molecule has 0 rings (SSSR count). The molecule has 0 aromatic carbocycles. The molecule has 0 aromatic heterocycles. The van der Waals surface area contributed by atoms with E-state index in [1.807, 2.05) is 5.32 Å². The first-order valence-electron chi connectivity index (χ1n) is 3.42. The van der Waals surface area contributed by atoms with Crippen molar-refractivity contribution in [1.29, 1.82) is 0 Å². The van der Waals surface area contributed by atoms with Crippen LogP contribution < -0.4 is 10.6 Å². The highest BCUT2D eigenvalue weighted by Crippen LogP contribution is 2.34. The monoisotopic (exact) mass is 210 g/mol. The lowest BCUT2D eigenvalue weighted by Crippen LogP contribution is -2.32. The van der Waals surface area contributed by atoms with Gasteiger partial charge in [-0.1, -0.05) is 0 Å². The predicted octanol–water partition coefficient (Wildman–Crippen LogP) is -0.990. The average Bonchev–Trinajstić information content (AvgIpc) is 1.95. The number of carbonyl (C=O) groups excluding carboxylic acids is 2. The third-order valence-corrected chi connectivity index (χ3v) is 1.73. The minimum atomic E-state index is -4.68. The SMILES string of the molecule is CC(=O)NCCNC(=O)P(=O)(O)O. The molecule has 0 bridgehead atoms. The van der Waals surface area contributed by atoms with Crippen molar-refractivity contribution in [2.24, 2.45) is 0 Å². The van der Waals surface area contributed by atoms with E-state index in [1.54, 1.807) is 0 Å². The van der Waals surface area contributed by atoms with E-state index in [0.717, 1.165) is 0 Å². The van der Waals surface area contributed by atoms with Crippen LogP contribution in [0.15, 0.2) is 0 Å². The zero-order chi connectivity index (χ0) is 10.5. The molecular weight excluding hydrogens is 199 g/mol. The molecule has 0 heterocycles. The molecule has 76 valence electrons. The van der Waals surface area contributed by atoms with Crippen molar-refractivity contribution in [3.63, 3.8) is 0 Å². The van der Waals surface area contributed by atoms with E-state index in [9.17, 15) is 14.2 Å². The molecule has 0 unspecified atom stereocenters. The van der Waals surface area contributed by atoms with Crippen molar-refractivity contribution in [2.75, 3.05) is 13.1 Å². The Kier molecular flexibility index (Phi) is 4.61. The third kappa shape index (κ3) is 6.27. The molecule has 0 radical (unpaired) electrons. The Morgan fingerprint density at radius 2 is 1.69 bits per heavy atom. The second-order valence-corrected chi connectivity index (χ2v) is 3.75. The molecule has 8 heteroatoms. The fraction of sp³-hybridized carbons (Fsp3) is 0.600. The summed E-state index contributed by atoms with van der Waals surface area (Å²) in [5.74, 6) is -0.273. The molecule has 0 aromatic rings. The van der Waals surface area contributed by atoms with Gasteiger partial charge < -0.3 is 20.4 Å². The van der Waals surface area contributed by atoms with Gasteiger partial charge in [0.1, 0.15) is 0 Å². The highest BCUT2D eigenvalue weighted by atomic mass is 31.2. The second-order valence-electron chi connectivity index (χ2n) is 2.26. The number of amides is 2. The number of nitrogens with one attached hydrogen (secondary N) is 2. The molecule has 0 atom stereocenters. The summed E-state index contributed by atoms with van der Waals surface area (Å²) in [6, 6.07) is 0. The van der Waals surface area contributed by atoms with E-state index in [1.165, 1.54) is 6.92 Å². The van der Waals surface area contributed by atoms with Crippen LogP contribution in [0.1, 0.15) is 6.92 Å². The summed E-state index contributed by atoms with van der Waals surface area (Å²) in [6.45, 7) is 1.43. The summed E-state index contributed by atoms with van der Waals surface area (Å²) in [5, 5.41) is 4.31. The molecule has 0 aliphatic rings. The second kappa shape index (κ2) is 4.96. The van der Waals surface area contributed by atoms with E-state index >= 15 is 0 Å². The first-order chi connectivity index (χ1) is 5.84. The highest BCUT2D eigenvalue weighted by molar-refractivity contribution is 7.69. The number of hydrogen-bond acceptors (Lipinski definition) is 3. The van der Waals surface area contributed by atoms with E-state index in [4.69, 9.17) is 9.79 Å². The van der Waals surface area contributed by atoms with E-state index in [2.05, 4.69) is 5.32 Å². The van der Waals surface area contributed by atoms with Gasteiger partial charge >= 0.3 is 13.2 Å². The molecule has 0 saturated heterocycles. The zero-order valence-corrected chi connectivity index (χ0v) is 7.88. The Hall–Kier alpha value is -0.910. The maximum Gasteiger partial charge on any atom is 0.413 e. The van der Waals surface area contributed by atoms with Crippen LogP contribution in [-0.4, -0.2) is 34.4 Å². The van der Waals surface area contributed by atoms with Gasteiger partial charge in [0.25, 0.3) is 0 Å². The van der Waals surface area contributed by atoms with Gasteiger partial charge in [-0.25, -0.2) is 4.57 Å². The molecule has 0 aliphatic heterocycles. The van der Waals surface area contributed by atoms with E-state index < -0.39 is 13.2 Å². The fourth-order valence-corrected chi connectivity index (χ4v) is 0.829. The molecule has 0 saturated carbocycles. The first-order valence-corrected chi connectivity index (χ1v) is 5.03. The summed E-state index contributed by atoms with van der Waals surface area (Å²) in [7, 11) is -4.68. The molecule has 13 heavy (non-hydrogen) atoms. The largest absolute Gasteiger partial charge is 0.413 e. The van der Waals surface area contributed by atoms with Crippen LogP contribution >= 0.6 is 7.60 Å². The highest BCUT2D eigenvalue weighted by Gasteiger charge is 2.24. The Balaban J connectivity index is 3.61. The first kappa shape index (κ1) is 12.1. The van der Waals surface area contributed by atoms with Gasteiger partial charge in [0, 0.05) is 20.0 Å². The molecule has 0 fully saturated rings. The lowest BCUT2D eigenvalue weighted by molar-refractivity contribution is -0.118. The Morgan fingerprint density at radius 1 is 1.23 bits per heavy atom. The van der Waals surface area contributed by atoms with Gasteiger partial charge in [0.15, 0.2) is 0 Å². The number of rotatable bonds is 4. The topological polar surface area (TPSA) is 116 Å². The molecule has 4 N–H and O–H groups in total. The summed E-state index contributed by atoms with van der Waals surface area (Å²) in [4.78, 5) is 37.4. The van der Waals surface area contributed by atoms with Crippen molar-refractivity contribution in [3.8, 4) is 0 Å². The summed E-state index contributed by atoms with van der Waals surface area (Å²) in [5.41, 5.74) is -1.34. The van der Waals surface area contributed by atoms with Crippen LogP contribution in [0.25, 0.3) is 0 Å². The van der Waals surface area contributed by atoms with E-state index in [-0.39, 0.29) is 19.0 Å². The third-order valence-electron chi connectivity index (χ3n) is 1.04. The molecule has 2 amide bonds. The average molecular weight is 210 g/mol. The van der Waals surface area contributed by atoms with Gasteiger partial charge in [-0.15, -0.1) is 0 Å². The summed E-state index contributed by atoms with van der Waals surface area (Å²) < 4.78 is 10.3. The molecule has 0 aliphatic carbocycles. The minimum absolute atomic E-state index is 0.0104. The van der Waals surface area contributed by atoms with Gasteiger partial charge in [0.2, 0.25) is 5.91 Å². The van der Waals surface area contributed by atoms with Crippen LogP contribution in [0.4, 0.5) is 4.79 Å². The quantitative estimate of drug-likeness (QED) is 0.351. The van der Waals surface area contributed by atoms with Crippen molar-refractivity contribution in [1.82, 2.24) is 10.6 Å². The minimum Gasteiger partial charge on any atom is -0.355 e. The van der Waals surface area contributed by atoms with Crippen molar-refractivity contribution >= 4 is 19.2 Å². The van der Waals surface area contributed by atoms with Gasteiger partial charge in [-0.3, -0.25) is 9.59 Å². The number of carbonyl (C=O) groups is 2. The smallest absolute Gasteiger partial charge is 0.355 e. The lowest BCUT2D eigenvalue weighted by atomic mass is 10.6. The Labute approximate surface area is 74.7 Å². The van der Waals surface area contributed by atoms with Gasteiger partial charge in [0.05, 0.1) is 0 Å². The van der Waals surface area contributed by atoms with Crippen LogP contribution in [0.3, 0.4) is 0 Å². The maximum absolute atomic E-state index is 10.5. The van der Waals surface area contributed by atoms with Crippen molar-refractivity contribution in [3.05, 3.63) is 0 Å². The van der Waals surface area contributed by atoms with Crippen molar-refractivity contribution in [2.45, 2.75) is 6.92 Å². The summed E-state index contributed by atoms with van der Waals surface area (Å²) in [6.07, 6.45) is 0. The predicted molar refractivity (Wildman–Crippen MR) is 44.1 cm³/mol. The van der Waals surface area contributed by atoms with Gasteiger partial charge in [-0.2, -0.15) is 0 Å². The number of hydrogen-bond donors (Lipinski definition) is 4. The molecule has 7 nitrogen and oxygen atoms in total. The molecular formula is C5H11N2O5P. The van der Waals surface area contributed by atoms with E-state index in [0.29, 0.717) is 0 Å². The summed E-state index contributed by atoms with van der Waals surface area (Å²) >= 11 is 0. The zero-order valence-electron chi connectivity index (χ0n) is 6.98. The molecule has 0 spiro atoms. The normalized spacial score (nSPS) is 10.7.